The molecule has 0 spiro atoms. The zero-order valence-corrected chi connectivity index (χ0v) is 12.4. The minimum atomic E-state index is -1.17. The van der Waals surface area contributed by atoms with Gasteiger partial charge in [-0.15, -0.1) is 0 Å². The first kappa shape index (κ1) is 15.7. The molecule has 2 aromatic rings. The molecule has 6 nitrogen and oxygen atoms in total. The molecular formula is C15H16FN3O3. The zero-order chi connectivity index (χ0) is 16.4. The number of carboxylic acid groups (broad SMARTS) is 1. The van der Waals surface area contributed by atoms with Gasteiger partial charge in [0.2, 0.25) is 5.91 Å². The minimum absolute atomic E-state index is 0.368. The van der Waals surface area contributed by atoms with Crippen LogP contribution in [0.4, 0.5) is 4.39 Å². The van der Waals surface area contributed by atoms with Crippen molar-refractivity contribution in [1.82, 2.24) is 15.1 Å². The number of amides is 1. The van der Waals surface area contributed by atoms with E-state index in [0.717, 1.165) is 0 Å². The predicted molar refractivity (Wildman–Crippen MR) is 77.2 cm³/mol. The lowest BCUT2D eigenvalue weighted by molar-refractivity contribution is -0.141. The number of rotatable bonds is 4. The SMILES string of the molecule is CC(=O)N[C@@H](C(=O)O)c1c(C)nn(-c2ccc(F)cc2)c1C. The van der Waals surface area contributed by atoms with Crippen molar-refractivity contribution in [3.8, 4) is 5.69 Å². The van der Waals surface area contributed by atoms with Gasteiger partial charge >= 0.3 is 5.97 Å². The van der Waals surface area contributed by atoms with Crippen molar-refractivity contribution in [2.75, 3.05) is 0 Å². The first-order valence-corrected chi connectivity index (χ1v) is 6.63. The molecule has 2 N–H and O–H groups in total. The number of carbonyl (C=O) groups is 2. The van der Waals surface area contributed by atoms with E-state index >= 15 is 0 Å². The number of hydrogen-bond acceptors (Lipinski definition) is 3. The van der Waals surface area contributed by atoms with Crippen molar-refractivity contribution in [3.63, 3.8) is 0 Å². The van der Waals surface area contributed by atoms with Crippen LogP contribution in [-0.2, 0) is 9.59 Å². The maximum absolute atomic E-state index is 13.0. The van der Waals surface area contributed by atoms with Crippen molar-refractivity contribution >= 4 is 11.9 Å². The Kier molecular flexibility index (Phi) is 4.25. The van der Waals surface area contributed by atoms with Crippen LogP contribution in [0.15, 0.2) is 24.3 Å². The first-order chi connectivity index (χ1) is 10.3. The van der Waals surface area contributed by atoms with Gasteiger partial charge in [0.1, 0.15) is 5.82 Å². The summed E-state index contributed by atoms with van der Waals surface area (Å²) in [5.74, 6) is -1.98. The van der Waals surface area contributed by atoms with Crippen molar-refractivity contribution in [3.05, 3.63) is 47.0 Å². The summed E-state index contributed by atoms with van der Waals surface area (Å²) in [6.07, 6.45) is 0. The molecule has 0 saturated heterocycles. The second-order valence-electron chi connectivity index (χ2n) is 4.94. The predicted octanol–water partition coefficient (Wildman–Crippen LogP) is 1.89. The molecule has 7 heteroatoms. The van der Waals surface area contributed by atoms with Crippen molar-refractivity contribution in [1.29, 1.82) is 0 Å². The minimum Gasteiger partial charge on any atom is -0.479 e. The Morgan fingerprint density at radius 2 is 1.86 bits per heavy atom. The fourth-order valence-corrected chi connectivity index (χ4v) is 2.37. The second-order valence-corrected chi connectivity index (χ2v) is 4.94. The highest BCUT2D eigenvalue weighted by Gasteiger charge is 2.28. The Labute approximate surface area is 126 Å². The molecule has 0 bridgehead atoms. The van der Waals surface area contributed by atoms with E-state index < -0.39 is 17.9 Å². The summed E-state index contributed by atoms with van der Waals surface area (Å²) < 4.78 is 14.5. The van der Waals surface area contributed by atoms with Gasteiger partial charge in [0.25, 0.3) is 0 Å². The molecular weight excluding hydrogens is 289 g/mol. The number of carbonyl (C=O) groups excluding carboxylic acids is 1. The van der Waals surface area contributed by atoms with Crippen LogP contribution >= 0.6 is 0 Å². The largest absolute Gasteiger partial charge is 0.479 e. The number of aromatic nitrogens is 2. The highest BCUT2D eigenvalue weighted by atomic mass is 19.1. The summed E-state index contributed by atoms with van der Waals surface area (Å²) in [7, 11) is 0. The van der Waals surface area contributed by atoms with E-state index in [1.165, 1.54) is 23.7 Å². The van der Waals surface area contributed by atoms with E-state index in [9.17, 15) is 19.1 Å². The number of benzene rings is 1. The summed E-state index contributed by atoms with van der Waals surface area (Å²) in [4.78, 5) is 22.7. The highest BCUT2D eigenvalue weighted by Crippen LogP contribution is 2.24. The molecule has 0 radical (unpaired) electrons. The van der Waals surface area contributed by atoms with E-state index in [0.29, 0.717) is 22.6 Å². The number of carboxylic acids is 1. The standard InChI is InChI=1S/C15H16FN3O3/c1-8-13(14(15(21)22)17-10(3)20)9(2)19(18-8)12-6-4-11(16)5-7-12/h4-7,14H,1-3H3,(H,17,20)(H,21,22)/t14-/m1/s1. The van der Waals surface area contributed by atoms with Crippen LogP contribution in [0.25, 0.3) is 5.69 Å². The van der Waals surface area contributed by atoms with Gasteiger partial charge in [-0.25, -0.2) is 13.9 Å². The molecule has 1 atom stereocenters. The van der Waals surface area contributed by atoms with Gasteiger partial charge in [-0.05, 0) is 38.1 Å². The molecule has 1 heterocycles. The van der Waals surface area contributed by atoms with E-state index in [1.54, 1.807) is 26.0 Å². The van der Waals surface area contributed by atoms with E-state index in [4.69, 9.17) is 0 Å². The average molecular weight is 305 g/mol. The van der Waals surface area contributed by atoms with Crippen LogP contribution in [0.3, 0.4) is 0 Å². The summed E-state index contributed by atoms with van der Waals surface area (Å²) in [6.45, 7) is 4.63. The third kappa shape index (κ3) is 2.98. The van der Waals surface area contributed by atoms with Crippen LogP contribution in [-0.4, -0.2) is 26.8 Å². The molecule has 0 aliphatic rings. The lowest BCUT2D eigenvalue weighted by Gasteiger charge is -2.14. The smallest absolute Gasteiger partial charge is 0.331 e. The Hall–Kier alpha value is -2.70. The van der Waals surface area contributed by atoms with Gasteiger partial charge in [0.05, 0.1) is 11.4 Å². The van der Waals surface area contributed by atoms with Gasteiger partial charge < -0.3 is 10.4 Å². The maximum atomic E-state index is 13.0. The van der Waals surface area contributed by atoms with Gasteiger partial charge in [-0.1, -0.05) is 0 Å². The van der Waals surface area contributed by atoms with Crippen LogP contribution < -0.4 is 5.32 Å². The molecule has 22 heavy (non-hydrogen) atoms. The third-order valence-corrected chi connectivity index (χ3v) is 3.30. The monoisotopic (exact) mass is 305 g/mol. The van der Waals surface area contributed by atoms with E-state index in [1.807, 2.05) is 0 Å². The van der Waals surface area contributed by atoms with Gasteiger partial charge in [0.15, 0.2) is 6.04 Å². The molecule has 1 aromatic carbocycles. The number of aryl methyl sites for hydroxylation is 1. The van der Waals surface area contributed by atoms with Gasteiger partial charge in [-0.3, -0.25) is 4.79 Å². The molecule has 0 fully saturated rings. The third-order valence-electron chi connectivity index (χ3n) is 3.30. The van der Waals surface area contributed by atoms with E-state index in [-0.39, 0.29) is 5.82 Å². The first-order valence-electron chi connectivity index (χ1n) is 6.63. The molecule has 116 valence electrons. The molecule has 2 rings (SSSR count). The summed E-state index contributed by atoms with van der Waals surface area (Å²) in [6, 6.07) is 4.52. The lowest BCUT2D eigenvalue weighted by atomic mass is 10.0. The molecule has 1 amide bonds. The molecule has 0 unspecified atom stereocenters. The highest BCUT2D eigenvalue weighted by molar-refractivity contribution is 5.83. The number of aliphatic carboxylic acids is 1. The average Bonchev–Trinajstić information content (AvgIpc) is 2.72. The van der Waals surface area contributed by atoms with Crippen molar-refractivity contribution < 1.29 is 19.1 Å². The molecule has 1 aromatic heterocycles. The molecule has 0 aliphatic carbocycles. The van der Waals surface area contributed by atoms with Gasteiger partial charge in [-0.2, -0.15) is 5.10 Å². The number of nitrogens with one attached hydrogen (secondary N) is 1. The fraction of sp³-hybridized carbons (Fsp3) is 0.267. The molecule has 0 saturated carbocycles. The van der Waals surface area contributed by atoms with Crippen molar-refractivity contribution in [2.24, 2.45) is 0 Å². The van der Waals surface area contributed by atoms with Crippen molar-refractivity contribution in [2.45, 2.75) is 26.8 Å². The maximum Gasteiger partial charge on any atom is 0.331 e. The van der Waals surface area contributed by atoms with E-state index in [2.05, 4.69) is 10.4 Å². The number of hydrogen-bond donors (Lipinski definition) is 2. The summed E-state index contributed by atoms with van der Waals surface area (Å²) >= 11 is 0. The van der Waals surface area contributed by atoms with Crippen LogP contribution in [0.1, 0.15) is 29.9 Å². The number of nitrogens with zero attached hydrogens (tertiary/aromatic N) is 2. The second kappa shape index (κ2) is 5.97. The fourth-order valence-electron chi connectivity index (χ4n) is 2.37. The summed E-state index contributed by atoms with van der Waals surface area (Å²) in [5.41, 5.74) is 2.10. The Morgan fingerprint density at radius 1 is 1.27 bits per heavy atom. The Balaban J connectivity index is 2.52. The topological polar surface area (TPSA) is 84.2 Å². The summed E-state index contributed by atoms with van der Waals surface area (Å²) in [5, 5.41) is 16.0. The van der Waals surface area contributed by atoms with Crippen LogP contribution in [0, 0.1) is 19.7 Å². The number of halogens is 1. The van der Waals surface area contributed by atoms with Gasteiger partial charge in [0, 0.05) is 18.2 Å². The quantitative estimate of drug-likeness (QED) is 0.903. The lowest BCUT2D eigenvalue weighted by Crippen LogP contribution is -2.32. The Morgan fingerprint density at radius 3 is 2.36 bits per heavy atom. The molecule has 0 aliphatic heterocycles. The van der Waals surface area contributed by atoms with Crippen LogP contribution in [0.5, 0.6) is 0 Å². The normalized spacial score (nSPS) is 12.0. The van der Waals surface area contributed by atoms with Crippen LogP contribution in [0.2, 0.25) is 0 Å². The Bertz CT molecular complexity index is 722. The zero-order valence-electron chi connectivity index (χ0n) is 12.4.